The molecule has 0 spiro atoms. The van der Waals surface area contributed by atoms with Crippen LogP contribution in [0.3, 0.4) is 0 Å². The lowest BCUT2D eigenvalue weighted by atomic mass is 10.0. The summed E-state index contributed by atoms with van der Waals surface area (Å²) in [5, 5.41) is 10.5. The summed E-state index contributed by atoms with van der Waals surface area (Å²) in [7, 11) is -2.90. The van der Waals surface area contributed by atoms with Crippen molar-refractivity contribution >= 4 is 72.4 Å². The fraction of sp³-hybridized carbons (Fsp3) is 0. The van der Waals surface area contributed by atoms with Crippen LogP contribution in [0.5, 0.6) is 0 Å². The van der Waals surface area contributed by atoms with Crippen LogP contribution >= 0.6 is 0 Å². The van der Waals surface area contributed by atoms with E-state index < -0.39 is 8.07 Å². The molecular formula is C60H42N2Si. The molecule has 0 bridgehead atoms. The van der Waals surface area contributed by atoms with Gasteiger partial charge in [-0.25, -0.2) is 0 Å². The zero-order valence-corrected chi connectivity index (χ0v) is 35.6. The molecule has 2 nitrogen and oxygen atoms in total. The lowest BCUT2D eigenvalue weighted by molar-refractivity contribution is 1.13. The maximum atomic E-state index is 2.54. The minimum atomic E-state index is -2.90. The van der Waals surface area contributed by atoms with Crippen molar-refractivity contribution in [1.82, 2.24) is 9.13 Å². The Morgan fingerprint density at radius 3 is 1.38 bits per heavy atom. The van der Waals surface area contributed by atoms with Crippen molar-refractivity contribution in [1.29, 1.82) is 0 Å². The molecule has 0 radical (unpaired) electrons. The van der Waals surface area contributed by atoms with Gasteiger partial charge in [-0.1, -0.05) is 218 Å². The normalized spacial score (nSPS) is 11.8. The maximum Gasteiger partial charge on any atom is 0.180 e. The zero-order chi connectivity index (χ0) is 41.7. The summed E-state index contributed by atoms with van der Waals surface area (Å²) >= 11 is 0. The fourth-order valence-corrected chi connectivity index (χ4v) is 15.4. The highest BCUT2D eigenvalue weighted by Gasteiger charge is 2.43. The average Bonchev–Trinajstić information content (AvgIpc) is 3.89. The van der Waals surface area contributed by atoms with E-state index in [1.54, 1.807) is 0 Å². The van der Waals surface area contributed by atoms with Gasteiger partial charge in [0.15, 0.2) is 8.07 Å². The van der Waals surface area contributed by atoms with E-state index in [2.05, 4.69) is 264 Å². The molecule has 3 heteroatoms. The maximum absolute atomic E-state index is 2.90. The molecule has 0 amide bonds. The standard InChI is InChI=1S/C60H42N2Si/c1-6-20-43(21-7-1)45-36-39-47(40-37-45)61-57-42-46(44-22-8-2-9-23-44)38-41-51(57)52-31-18-34-56(60(52)61)62-54-32-17-16-30-53(54)59-55(62)33-19-35-58(59)63(48-24-10-3-11-25-48,49-26-12-4-13-27-49)50-28-14-5-15-29-50/h1-42H. The monoisotopic (exact) mass is 818 g/mol. The number of fused-ring (bicyclic) bond motifs is 6. The summed E-state index contributed by atoms with van der Waals surface area (Å²) in [5.41, 5.74) is 11.8. The van der Waals surface area contributed by atoms with Gasteiger partial charge in [0, 0.05) is 27.2 Å². The molecular weight excluding hydrogens is 777 g/mol. The molecule has 0 fully saturated rings. The molecule has 0 saturated heterocycles. The molecule has 63 heavy (non-hydrogen) atoms. The molecule has 12 aromatic rings. The van der Waals surface area contributed by atoms with Crippen LogP contribution in [0.1, 0.15) is 0 Å². The van der Waals surface area contributed by atoms with Crippen LogP contribution in [0, 0.1) is 0 Å². The van der Waals surface area contributed by atoms with E-state index in [1.807, 2.05) is 0 Å². The number of aromatic nitrogens is 2. The smallest absolute Gasteiger partial charge is 0.180 e. The van der Waals surface area contributed by atoms with E-state index in [1.165, 1.54) is 86.6 Å². The highest BCUT2D eigenvalue weighted by atomic mass is 28.3. The highest BCUT2D eigenvalue weighted by molar-refractivity contribution is 7.20. The van der Waals surface area contributed by atoms with Crippen molar-refractivity contribution in [2.75, 3.05) is 0 Å². The first-order valence-corrected chi connectivity index (χ1v) is 23.8. The zero-order valence-electron chi connectivity index (χ0n) is 34.6. The molecule has 0 saturated carbocycles. The lowest BCUT2D eigenvalue weighted by Gasteiger charge is -2.35. The second kappa shape index (κ2) is 15.2. The van der Waals surface area contributed by atoms with Crippen molar-refractivity contribution < 1.29 is 0 Å². The third-order valence-corrected chi connectivity index (χ3v) is 17.9. The Kier molecular flexibility index (Phi) is 8.87. The first-order valence-electron chi connectivity index (χ1n) is 21.8. The van der Waals surface area contributed by atoms with Crippen LogP contribution in [0.25, 0.3) is 77.2 Å². The van der Waals surface area contributed by atoms with Crippen molar-refractivity contribution in [2.24, 2.45) is 0 Å². The predicted octanol–water partition coefficient (Wildman–Crippen LogP) is 12.6. The molecule has 10 aromatic carbocycles. The Balaban J connectivity index is 1.19. The van der Waals surface area contributed by atoms with Gasteiger partial charge in [-0.3, -0.25) is 0 Å². The Bertz CT molecular complexity index is 3480. The van der Waals surface area contributed by atoms with Gasteiger partial charge >= 0.3 is 0 Å². The van der Waals surface area contributed by atoms with Crippen LogP contribution in [0.15, 0.2) is 255 Å². The van der Waals surface area contributed by atoms with Gasteiger partial charge in [0.05, 0.1) is 27.8 Å². The third-order valence-electron chi connectivity index (χ3n) is 13.1. The van der Waals surface area contributed by atoms with Crippen LogP contribution in [-0.4, -0.2) is 17.2 Å². The SMILES string of the molecule is c1ccc(-c2ccc(-n3c4cc(-c5ccccc5)ccc4c4cccc(-n5c6ccccc6c6c([Si](c7ccccc7)(c7ccccc7)c7ccccc7)cccc65)c43)cc2)cc1. The van der Waals surface area contributed by atoms with Gasteiger partial charge in [0.1, 0.15) is 0 Å². The molecule has 0 aliphatic rings. The summed E-state index contributed by atoms with van der Waals surface area (Å²) in [6, 6.07) is 94.3. The van der Waals surface area contributed by atoms with Gasteiger partial charge < -0.3 is 9.13 Å². The fourth-order valence-electron chi connectivity index (χ4n) is 10.4. The van der Waals surface area contributed by atoms with Crippen LogP contribution < -0.4 is 20.7 Å². The number of rotatable bonds is 8. The Hall–Kier alpha value is -7.98. The summed E-state index contributed by atoms with van der Waals surface area (Å²) < 4.78 is 5.05. The van der Waals surface area contributed by atoms with Crippen LogP contribution in [0.4, 0.5) is 0 Å². The first-order chi connectivity index (χ1) is 31.3. The Morgan fingerprint density at radius 1 is 0.286 bits per heavy atom. The number of benzene rings is 10. The topological polar surface area (TPSA) is 9.86 Å². The number of para-hydroxylation sites is 2. The molecule has 0 aliphatic carbocycles. The largest absolute Gasteiger partial charge is 0.307 e. The Labute approximate surface area is 368 Å². The molecule has 0 atom stereocenters. The summed E-state index contributed by atoms with van der Waals surface area (Å²) in [6.07, 6.45) is 0. The van der Waals surface area contributed by atoms with Gasteiger partial charge in [-0.2, -0.15) is 0 Å². The van der Waals surface area contributed by atoms with Crippen molar-refractivity contribution in [3.63, 3.8) is 0 Å². The third kappa shape index (κ3) is 5.85. The van der Waals surface area contributed by atoms with E-state index in [0.717, 1.165) is 11.4 Å². The molecule has 0 unspecified atom stereocenters. The predicted molar refractivity (Wildman–Crippen MR) is 270 cm³/mol. The van der Waals surface area contributed by atoms with Crippen LogP contribution in [-0.2, 0) is 0 Å². The molecule has 2 aromatic heterocycles. The second-order valence-electron chi connectivity index (χ2n) is 16.4. The van der Waals surface area contributed by atoms with Crippen molar-refractivity contribution in [2.45, 2.75) is 0 Å². The first kappa shape index (κ1) is 36.8. The Morgan fingerprint density at radius 2 is 0.762 bits per heavy atom. The van der Waals surface area contributed by atoms with Gasteiger partial charge in [0.2, 0.25) is 0 Å². The summed E-state index contributed by atoms with van der Waals surface area (Å²) in [6.45, 7) is 0. The number of hydrogen-bond donors (Lipinski definition) is 0. The molecule has 0 aliphatic heterocycles. The second-order valence-corrected chi connectivity index (χ2v) is 20.2. The quantitative estimate of drug-likeness (QED) is 0.107. The van der Waals surface area contributed by atoms with Gasteiger partial charge in [0.25, 0.3) is 0 Å². The van der Waals surface area contributed by atoms with Gasteiger partial charge in [-0.15, -0.1) is 0 Å². The minimum absolute atomic E-state index is 1.12. The average molecular weight is 819 g/mol. The minimum Gasteiger partial charge on any atom is -0.307 e. The van der Waals surface area contributed by atoms with E-state index >= 15 is 0 Å². The number of nitrogens with zero attached hydrogens (tertiary/aromatic N) is 2. The lowest BCUT2D eigenvalue weighted by Crippen LogP contribution is -2.74. The van der Waals surface area contributed by atoms with Crippen molar-refractivity contribution in [3.05, 3.63) is 255 Å². The molecule has 296 valence electrons. The molecule has 12 rings (SSSR count). The van der Waals surface area contributed by atoms with E-state index in [9.17, 15) is 0 Å². The van der Waals surface area contributed by atoms with E-state index in [-0.39, 0.29) is 0 Å². The molecule has 0 N–H and O–H groups in total. The number of hydrogen-bond acceptors (Lipinski definition) is 0. The summed E-state index contributed by atoms with van der Waals surface area (Å²) in [4.78, 5) is 0. The van der Waals surface area contributed by atoms with E-state index in [0.29, 0.717) is 0 Å². The van der Waals surface area contributed by atoms with Gasteiger partial charge in [-0.05, 0) is 79.4 Å². The summed E-state index contributed by atoms with van der Waals surface area (Å²) in [5.74, 6) is 0. The van der Waals surface area contributed by atoms with Crippen molar-refractivity contribution in [3.8, 4) is 33.6 Å². The highest BCUT2D eigenvalue weighted by Crippen LogP contribution is 2.41. The molecule has 2 heterocycles. The van der Waals surface area contributed by atoms with Crippen LogP contribution in [0.2, 0.25) is 0 Å². The van der Waals surface area contributed by atoms with E-state index in [4.69, 9.17) is 0 Å².